The number of ketones is 1. The molecular formula is C28H33FO4. The summed E-state index contributed by atoms with van der Waals surface area (Å²) in [5.74, 6) is 0.165. The summed E-state index contributed by atoms with van der Waals surface area (Å²) >= 11 is 0. The second-order valence-corrected chi connectivity index (χ2v) is 11.0. The number of aliphatic hydroxyl groups is 2. The van der Waals surface area contributed by atoms with Crippen LogP contribution >= 0.6 is 0 Å². The van der Waals surface area contributed by atoms with Crippen LogP contribution in [0.1, 0.15) is 40.0 Å². The molecule has 0 aromatic heterocycles. The monoisotopic (exact) mass is 452 g/mol. The quantitative estimate of drug-likeness (QED) is 0.648. The van der Waals surface area contributed by atoms with Crippen LogP contribution in [0.3, 0.4) is 0 Å². The van der Waals surface area contributed by atoms with Crippen LogP contribution in [-0.2, 0) is 4.79 Å². The molecule has 3 fully saturated rings. The van der Waals surface area contributed by atoms with Gasteiger partial charge in [0.1, 0.15) is 23.3 Å². The minimum Gasteiger partial charge on any atom is -0.459 e. The molecule has 0 saturated heterocycles. The van der Waals surface area contributed by atoms with Crippen LogP contribution in [0.4, 0.5) is 4.39 Å². The molecule has 0 bridgehead atoms. The van der Waals surface area contributed by atoms with Crippen molar-refractivity contribution in [2.24, 2.45) is 34.5 Å². The molecule has 176 valence electrons. The normalized spacial score (nSPS) is 46.1. The van der Waals surface area contributed by atoms with Crippen molar-refractivity contribution in [2.75, 3.05) is 0 Å². The number of rotatable bonds is 3. The van der Waals surface area contributed by atoms with Crippen molar-refractivity contribution in [3.8, 4) is 5.75 Å². The highest BCUT2D eigenvalue weighted by Gasteiger charge is 2.70. The molecule has 4 aliphatic rings. The fourth-order valence-electron chi connectivity index (χ4n) is 7.97. The maximum absolute atomic E-state index is 15.5. The van der Waals surface area contributed by atoms with Crippen LogP contribution in [0.15, 0.2) is 66.5 Å². The topological polar surface area (TPSA) is 66.8 Å². The molecule has 2 N–H and O–H groups in total. The minimum absolute atomic E-state index is 0.00956. The Bertz CT molecular complexity index is 1050. The molecule has 0 radical (unpaired) electrons. The smallest absolute Gasteiger partial charge is 0.178 e. The molecule has 5 heteroatoms. The van der Waals surface area contributed by atoms with Crippen LogP contribution in [0.25, 0.3) is 0 Å². The minimum atomic E-state index is -1.36. The number of benzene rings is 1. The van der Waals surface area contributed by atoms with Crippen molar-refractivity contribution in [3.63, 3.8) is 0 Å². The highest BCUT2D eigenvalue weighted by atomic mass is 19.1. The first-order valence-electron chi connectivity index (χ1n) is 11.9. The second-order valence-electron chi connectivity index (χ2n) is 11.0. The third kappa shape index (κ3) is 2.98. The van der Waals surface area contributed by atoms with Gasteiger partial charge in [-0.15, -0.1) is 0 Å². The molecule has 5 rings (SSSR count). The van der Waals surface area contributed by atoms with Gasteiger partial charge in [-0.1, -0.05) is 51.6 Å². The number of hydrogen-bond donors (Lipinski definition) is 2. The Hall–Kier alpha value is -2.24. The van der Waals surface area contributed by atoms with E-state index in [4.69, 9.17) is 4.74 Å². The zero-order valence-electron chi connectivity index (χ0n) is 19.5. The molecule has 4 aliphatic carbocycles. The van der Waals surface area contributed by atoms with Crippen LogP contribution < -0.4 is 4.74 Å². The number of ether oxygens (including phenoxy) is 1. The fourth-order valence-corrected chi connectivity index (χ4v) is 7.97. The summed E-state index contributed by atoms with van der Waals surface area (Å²) < 4.78 is 21.6. The van der Waals surface area contributed by atoms with E-state index < -0.39 is 28.7 Å². The van der Waals surface area contributed by atoms with E-state index in [-0.39, 0.29) is 41.6 Å². The van der Waals surface area contributed by atoms with Gasteiger partial charge >= 0.3 is 0 Å². The molecule has 1 aromatic carbocycles. The van der Waals surface area contributed by atoms with E-state index in [1.54, 1.807) is 6.08 Å². The van der Waals surface area contributed by atoms with Crippen LogP contribution in [0.5, 0.6) is 5.75 Å². The Morgan fingerprint density at radius 1 is 1.21 bits per heavy atom. The number of fused-ring (bicyclic) bond motifs is 5. The van der Waals surface area contributed by atoms with E-state index in [2.05, 4.69) is 6.58 Å². The molecule has 0 heterocycles. The lowest BCUT2D eigenvalue weighted by molar-refractivity contribution is -0.169. The molecule has 9 atom stereocenters. The SMILES string of the molecule is C=C(Oc1ccccc1)[C@@]1(O)C(C)C[C@H]2[C@@H]3CC(F)C4=CC(=O)C=C[C@]4(C)[C@H]3C(O)C[C@@]21C. The van der Waals surface area contributed by atoms with Crippen molar-refractivity contribution in [1.82, 2.24) is 0 Å². The van der Waals surface area contributed by atoms with E-state index in [0.717, 1.165) is 0 Å². The van der Waals surface area contributed by atoms with E-state index in [0.29, 0.717) is 24.2 Å². The summed E-state index contributed by atoms with van der Waals surface area (Å²) in [6.07, 6.45) is 4.03. The fraction of sp³-hybridized carbons (Fsp3) is 0.536. The Morgan fingerprint density at radius 2 is 1.91 bits per heavy atom. The molecule has 0 spiro atoms. The average molecular weight is 453 g/mol. The summed E-state index contributed by atoms with van der Waals surface area (Å²) in [5.41, 5.74) is -2.30. The number of aliphatic hydroxyl groups excluding tert-OH is 1. The Morgan fingerprint density at radius 3 is 2.61 bits per heavy atom. The van der Waals surface area contributed by atoms with Crippen molar-refractivity contribution in [1.29, 1.82) is 0 Å². The van der Waals surface area contributed by atoms with Gasteiger partial charge in [0.2, 0.25) is 0 Å². The first-order chi connectivity index (χ1) is 15.5. The Balaban J connectivity index is 1.53. The van der Waals surface area contributed by atoms with Gasteiger partial charge in [-0.2, -0.15) is 0 Å². The Labute approximate surface area is 194 Å². The molecule has 0 aliphatic heterocycles. The number of hydrogen-bond acceptors (Lipinski definition) is 4. The van der Waals surface area contributed by atoms with Crippen molar-refractivity contribution in [3.05, 3.63) is 66.5 Å². The lowest BCUT2D eigenvalue weighted by atomic mass is 9.46. The molecule has 4 nitrogen and oxygen atoms in total. The van der Waals surface area contributed by atoms with Gasteiger partial charge in [-0.25, -0.2) is 4.39 Å². The lowest BCUT2D eigenvalue weighted by Crippen LogP contribution is -2.61. The van der Waals surface area contributed by atoms with Crippen molar-refractivity contribution < 1.29 is 24.1 Å². The number of halogens is 1. The summed E-state index contributed by atoms with van der Waals surface area (Å²) in [7, 11) is 0. The average Bonchev–Trinajstić information content (AvgIpc) is 2.97. The maximum atomic E-state index is 15.5. The third-order valence-electron chi connectivity index (χ3n) is 9.47. The zero-order valence-corrected chi connectivity index (χ0v) is 19.5. The van der Waals surface area contributed by atoms with E-state index in [9.17, 15) is 15.0 Å². The Kier molecular flexibility index (Phi) is 5.04. The standard InChI is InChI=1S/C28H33FO4/c1-16-12-21-20-14-23(29)22-13-18(30)10-11-26(22,3)25(20)24(31)15-27(21,4)28(16,32)17(2)33-19-8-6-5-7-9-19/h5-11,13,16,20-21,23-25,31-32H,2,12,14-15H2,1,3-4H3/t16?,20-,21-,23?,24?,25+,26-,27-,28-/m0/s1. The number of carbonyl (C=O) groups is 1. The molecule has 3 saturated carbocycles. The predicted octanol–water partition coefficient (Wildman–Crippen LogP) is 4.78. The number of alkyl halides is 1. The highest BCUT2D eigenvalue weighted by Crippen LogP contribution is 2.69. The second kappa shape index (κ2) is 7.38. The summed E-state index contributed by atoms with van der Waals surface area (Å²) in [6.45, 7) is 10.1. The predicted molar refractivity (Wildman–Crippen MR) is 124 cm³/mol. The number of carbonyl (C=O) groups excluding carboxylic acids is 1. The van der Waals surface area contributed by atoms with Gasteiger partial charge in [-0.05, 0) is 66.9 Å². The maximum Gasteiger partial charge on any atom is 0.178 e. The summed E-state index contributed by atoms with van der Waals surface area (Å²) in [4.78, 5) is 12.0. The van der Waals surface area contributed by atoms with Gasteiger partial charge in [0.25, 0.3) is 0 Å². The van der Waals surface area contributed by atoms with Crippen molar-refractivity contribution >= 4 is 5.78 Å². The number of allylic oxidation sites excluding steroid dienone is 4. The first kappa shape index (κ1) is 22.5. The summed E-state index contributed by atoms with van der Waals surface area (Å²) in [5, 5.41) is 23.7. The van der Waals surface area contributed by atoms with Gasteiger partial charge in [0.05, 0.1) is 6.10 Å². The number of para-hydroxylation sites is 1. The van der Waals surface area contributed by atoms with E-state index >= 15 is 4.39 Å². The van der Waals surface area contributed by atoms with Gasteiger partial charge in [-0.3, -0.25) is 4.79 Å². The summed E-state index contributed by atoms with van der Waals surface area (Å²) in [6, 6.07) is 9.26. The highest BCUT2D eigenvalue weighted by molar-refractivity contribution is 6.01. The van der Waals surface area contributed by atoms with Crippen molar-refractivity contribution in [2.45, 2.75) is 57.9 Å². The van der Waals surface area contributed by atoms with Gasteiger partial charge in [0, 0.05) is 16.7 Å². The van der Waals surface area contributed by atoms with Crippen LogP contribution in [-0.4, -0.2) is 33.9 Å². The molecule has 33 heavy (non-hydrogen) atoms. The third-order valence-corrected chi connectivity index (χ3v) is 9.47. The molecule has 0 amide bonds. The van der Waals surface area contributed by atoms with Crippen LogP contribution in [0.2, 0.25) is 0 Å². The largest absolute Gasteiger partial charge is 0.459 e. The molecule has 3 unspecified atom stereocenters. The van der Waals surface area contributed by atoms with Gasteiger partial charge in [0.15, 0.2) is 5.78 Å². The molecule has 1 aromatic rings. The van der Waals surface area contributed by atoms with E-state index in [1.807, 2.05) is 51.1 Å². The first-order valence-corrected chi connectivity index (χ1v) is 11.9. The van der Waals surface area contributed by atoms with E-state index in [1.165, 1.54) is 12.2 Å². The lowest BCUT2D eigenvalue weighted by Gasteiger charge is -2.60. The van der Waals surface area contributed by atoms with Crippen LogP contribution in [0, 0.1) is 34.5 Å². The van der Waals surface area contributed by atoms with Gasteiger partial charge < -0.3 is 14.9 Å². The zero-order chi connectivity index (χ0) is 23.8. The molecular weight excluding hydrogens is 419 g/mol.